The maximum Gasteiger partial charge on any atom is 0.168 e. The summed E-state index contributed by atoms with van der Waals surface area (Å²) in [5.41, 5.74) is 4.22. The van der Waals surface area contributed by atoms with Crippen LogP contribution in [0.4, 0.5) is 5.69 Å². The SMILES string of the molecule is CCSc1ncc(/C=N/Nc2c(Cl)cc(Cl)cc2Cl)n1C. The minimum Gasteiger partial charge on any atom is -0.321 e. The van der Waals surface area contributed by atoms with Crippen LogP contribution in [-0.2, 0) is 7.05 Å². The number of aromatic nitrogens is 2. The molecule has 4 nitrogen and oxygen atoms in total. The molecule has 21 heavy (non-hydrogen) atoms. The summed E-state index contributed by atoms with van der Waals surface area (Å²) in [5, 5.41) is 6.39. The number of hydrogen-bond acceptors (Lipinski definition) is 4. The Balaban J connectivity index is 2.13. The van der Waals surface area contributed by atoms with Crippen molar-refractivity contribution in [3.05, 3.63) is 39.1 Å². The smallest absolute Gasteiger partial charge is 0.168 e. The molecule has 0 aliphatic rings. The Labute approximate surface area is 142 Å². The molecule has 1 heterocycles. The second-order valence-corrected chi connectivity index (χ2v) is 6.55. The molecule has 0 saturated carbocycles. The quantitative estimate of drug-likeness (QED) is 0.465. The summed E-state index contributed by atoms with van der Waals surface area (Å²) in [6.07, 6.45) is 3.42. The van der Waals surface area contributed by atoms with Crippen LogP contribution in [0.5, 0.6) is 0 Å². The van der Waals surface area contributed by atoms with Gasteiger partial charge in [-0.05, 0) is 17.9 Å². The first-order valence-electron chi connectivity index (χ1n) is 6.11. The molecule has 2 aromatic rings. The number of anilines is 1. The van der Waals surface area contributed by atoms with Gasteiger partial charge in [0.15, 0.2) is 5.16 Å². The van der Waals surface area contributed by atoms with E-state index in [9.17, 15) is 0 Å². The zero-order valence-corrected chi connectivity index (χ0v) is 14.5. The van der Waals surface area contributed by atoms with E-state index in [1.54, 1.807) is 36.3 Å². The van der Waals surface area contributed by atoms with Crippen molar-refractivity contribution in [3.63, 3.8) is 0 Å². The van der Waals surface area contributed by atoms with E-state index in [1.165, 1.54) is 0 Å². The summed E-state index contributed by atoms with van der Waals surface area (Å²) in [4.78, 5) is 4.32. The Bertz CT molecular complexity index is 646. The van der Waals surface area contributed by atoms with Crippen LogP contribution in [0.1, 0.15) is 12.6 Å². The van der Waals surface area contributed by atoms with E-state index in [-0.39, 0.29) is 0 Å². The summed E-state index contributed by atoms with van der Waals surface area (Å²) in [5.74, 6) is 0.968. The van der Waals surface area contributed by atoms with Gasteiger partial charge in [-0.1, -0.05) is 53.5 Å². The van der Waals surface area contributed by atoms with Gasteiger partial charge in [0, 0.05) is 12.1 Å². The largest absolute Gasteiger partial charge is 0.321 e. The van der Waals surface area contributed by atoms with Gasteiger partial charge in [-0.3, -0.25) is 5.43 Å². The highest BCUT2D eigenvalue weighted by atomic mass is 35.5. The first-order chi connectivity index (χ1) is 10.0. The van der Waals surface area contributed by atoms with Crippen molar-refractivity contribution < 1.29 is 0 Å². The first kappa shape index (κ1) is 16.5. The minimum absolute atomic E-state index is 0.414. The molecule has 1 aromatic heterocycles. The number of hydrazone groups is 1. The molecule has 0 aliphatic heterocycles. The Morgan fingerprint density at radius 1 is 1.33 bits per heavy atom. The maximum absolute atomic E-state index is 6.07. The lowest BCUT2D eigenvalue weighted by Crippen LogP contribution is -1.99. The van der Waals surface area contributed by atoms with E-state index in [4.69, 9.17) is 34.8 Å². The van der Waals surface area contributed by atoms with E-state index < -0.39 is 0 Å². The third-order valence-electron chi connectivity index (χ3n) is 2.63. The van der Waals surface area contributed by atoms with Crippen LogP contribution in [0.15, 0.2) is 28.6 Å². The average Bonchev–Trinajstić information content (AvgIpc) is 2.75. The Hall–Kier alpha value is -0.880. The van der Waals surface area contributed by atoms with Crippen LogP contribution in [0, 0.1) is 0 Å². The molecule has 0 atom stereocenters. The Kier molecular flexibility index (Phi) is 5.81. The fourth-order valence-electron chi connectivity index (χ4n) is 1.60. The summed E-state index contributed by atoms with van der Waals surface area (Å²) in [7, 11) is 1.94. The fourth-order valence-corrected chi connectivity index (χ4v) is 3.19. The van der Waals surface area contributed by atoms with E-state index >= 15 is 0 Å². The number of thioether (sulfide) groups is 1. The predicted molar refractivity (Wildman–Crippen MR) is 92.3 cm³/mol. The van der Waals surface area contributed by atoms with Gasteiger partial charge in [0.1, 0.15) is 0 Å². The lowest BCUT2D eigenvalue weighted by molar-refractivity contribution is 0.785. The number of halogens is 3. The average molecular weight is 364 g/mol. The van der Waals surface area contributed by atoms with Crippen LogP contribution < -0.4 is 5.43 Å². The normalized spacial score (nSPS) is 11.3. The van der Waals surface area contributed by atoms with Gasteiger partial charge in [-0.15, -0.1) is 0 Å². The zero-order valence-electron chi connectivity index (χ0n) is 11.4. The van der Waals surface area contributed by atoms with Crippen molar-refractivity contribution in [2.24, 2.45) is 12.1 Å². The van der Waals surface area contributed by atoms with Crippen LogP contribution in [0.25, 0.3) is 0 Å². The van der Waals surface area contributed by atoms with E-state index in [1.807, 2.05) is 11.6 Å². The summed E-state index contributed by atoms with van der Waals surface area (Å²) in [6, 6.07) is 3.21. The highest BCUT2D eigenvalue weighted by Crippen LogP contribution is 2.33. The topological polar surface area (TPSA) is 42.2 Å². The van der Waals surface area contributed by atoms with Crippen molar-refractivity contribution in [1.29, 1.82) is 0 Å². The molecule has 0 fully saturated rings. The number of rotatable bonds is 5. The van der Waals surface area contributed by atoms with Crippen LogP contribution >= 0.6 is 46.6 Å². The second kappa shape index (κ2) is 7.40. The van der Waals surface area contributed by atoms with Gasteiger partial charge < -0.3 is 4.57 Å². The number of hydrogen-bond donors (Lipinski definition) is 1. The molecule has 0 spiro atoms. The van der Waals surface area contributed by atoms with Gasteiger partial charge in [-0.25, -0.2) is 4.98 Å². The van der Waals surface area contributed by atoms with Gasteiger partial charge in [0.05, 0.1) is 33.8 Å². The summed E-state index contributed by atoms with van der Waals surface area (Å²) in [6.45, 7) is 2.08. The Morgan fingerprint density at radius 2 is 2.00 bits per heavy atom. The molecule has 112 valence electrons. The van der Waals surface area contributed by atoms with Gasteiger partial charge in [-0.2, -0.15) is 5.10 Å². The molecule has 0 radical (unpaired) electrons. The van der Waals surface area contributed by atoms with E-state index in [2.05, 4.69) is 22.4 Å². The van der Waals surface area contributed by atoms with Crippen LogP contribution in [0.3, 0.4) is 0 Å². The van der Waals surface area contributed by atoms with Gasteiger partial charge in [0.25, 0.3) is 0 Å². The van der Waals surface area contributed by atoms with Crippen molar-refractivity contribution in [2.45, 2.75) is 12.1 Å². The van der Waals surface area contributed by atoms with Crippen LogP contribution in [0.2, 0.25) is 15.1 Å². The molecule has 2 rings (SSSR count). The van der Waals surface area contributed by atoms with Gasteiger partial charge in [0.2, 0.25) is 0 Å². The summed E-state index contributed by atoms with van der Waals surface area (Å²) < 4.78 is 1.96. The van der Waals surface area contributed by atoms with Crippen molar-refractivity contribution in [3.8, 4) is 0 Å². The molecule has 0 bridgehead atoms. The fraction of sp³-hybridized carbons (Fsp3) is 0.231. The maximum atomic E-state index is 6.07. The molecule has 0 amide bonds. The highest BCUT2D eigenvalue weighted by Gasteiger charge is 2.07. The molecule has 1 N–H and O–H groups in total. The monoisotopic (exact) mass is 362 g/mol. The van der Waals surface area contributed by atoms with Gasteiger partial charge >= 0.3 is 0 Å². The lowest BCUT2D eigenvalue weighted by Gasteiger charge is -2.06. The molecule has 0 aliphatic carbocycles. The number of benzene rings is 1. The van der Waals surface area contributed by atoms with Crippen molar-refractivity contribution in [1.82, 2.24) is 9.55 Å². The van der Waals surface area contributed by atoms with Crippen molar-refractivity contribution in [2.75, 3.05) is 11.2 Å². The standard InChI is InChI=1S/C13H13Cl3N4S/c1-3-21-13-17-6-9(20(13)2)7-18-19-12-10(15)4-8(14)5-11(12)16/h4-7,19H,3H2,1-2H3/b18-7+. The zero-order chi connectivity index (χ0) is 15.4. The van der Waals surface area contributed by atoms with E-state index in [0.717, 1.165) is 16.6 Å². The molecule has 0 unspecified atom stereocenters. The molecule has 1 aromatic carbocycles. The third-order valence-corrected chi connectivity index (χ3v) is 4.38. The predicted octanol–water partition coefficient (Wildman–Crippen LogP) is 4.94. The third kappa shape index (κ3) is 4.07. The van der Waals surface area contributed by atoms with Crippen molar-refractivity contribution >= 4 is 58.5 Å². The number of imidazole rings is 1. The highest BCUT2D eigenvalue weighted by molar-refractivity contribution is 7.99. The van der Waals surface area contributed by atoms with E-state index in [0.29, 0.717) is 20.8 Å². The Morgan fingerprint density at radius 3 is 2.62 bits per heavy atom. The molecular formula is C13H13Cl3N4S. The van der Waals surface area contributed by atoms with Crippen LogP contribution in [-0.4, -0.2) is 21.5 Å². The number of nitrogens with zero attached hydrogens (tertiary/aromatic N) is 3. The first-order valence-corrected chi connectivity index (χ1v) is 8.23. The second-order valence-electron chi connectivity index (χ2n) is 4.07. The number of nitrogens with one attached hydrogen (secondary N) is 1. The lowest BCUT2D eigenvalue weighted by atomic mass is 10.3. The molecular weight excluding hydrogens is 351 g/mol. The summed E-state index contributed by atoms with van der Waals surface area (Å²) >= 11 is 19.7. The minimum atomic E-state index is 0.414. The molecule has 0 saturated heterocycles. The molecule has 8 heteroatoms.